The van der Waals surface area contributed by atoms with Crippen LogP contribution in [0.2, 0.25) is 0 Å². The number of aryl methyl sites for hydroxylation is 2. The fraction of sp³-hybridized carbons (Fsp3) is 0.0345. The predicted octanol–water partition coefficient (Wildman–Crippen LogP) is 17.0. The molecule has 0 unspecified atom stereocenters. The van der Waals surface area contributed by atoms with Gasteiger partial charge in [0.2, 0.25) is 0 Å². The van der Waals surface area contributed by atoms with E-state index in [-0.39, 0.29) is 0 Å². The van der Waals surface area contributed by atoms with Gasteiger partial charge in [-0.2, -0.15) is 0 Å². The van der Waals surface area contributed by atoms with E-state index in [2.05, 4.69) is 206 Å². The summed E-state index contributed by atoms with van der Waals surface area (Å²) in [6, 6.07) is 69.9. The molecule has 2 aromatic heterocycles. The van der Waals surface area contributed by atoms with Crippen LogP contribution in [0.3, 0.4) is 0 Å². The summed E-state index contributed by atoms with van der Waals surface area (Å²) in [5.74, 6) is 0. The molecule has 0 saturated heterocycles. The molecular weight excluding hydrogens is 757 g/mol. The van der Waals surface area contributed by atoms with Crippen LogP contribution in [0.25, 0.3) is 87.7 Å². The molecule has 0 atom stereocenters. The van der Waals surface area contributed by atoms with Crippen molar-refractivity contribution in [3.63, 3.8) is 0 Å². The Morgan fingerprint density at radius 3 is 1.13 bits per heavy atom. The number of furan rings is 2. The molecule has 0 N–H and O–H groups in total. The normalized spacial score (nSPS) is 12.0. The van der Waals surface area contributed by atoms with Crippen molar-refractivity contribution in [2.45, 2.75) is 13.8 Å². The Morgan fingerprint density at radius 1 is 0.306 bits per heavy atom. The molecule has 4 heteroatoms. The Hall–Kier alpha value is -8.08. The third-order valence-corrected chi connectivity index (χ3v) is 12.9. The molecule has 0 radical (unpaired) electrons. The predicted molar refractivity (Wildman–Crippen MR) is 259 cm³/mol. The van der Waals surface area contributed by atoms with E-state index in [1.54, 1.807) is 0 Å². The average molecular weight is 795 g/mol. The van der Waals surface area contributed by atoms with Crippen LogP contribution in [0.15, 0.2) is 203 Å². The summed E-state index contributed by atoms with van der Waals surface area (Å²) in [5, 5.41) is 9.31. The lowest BCUT2D eigenvalue weighted by Gasteiger charge is -2.29. The van der Waals surface area contributed by atoms with E-state index in [0.717, 1.165) is 89.1 Å². The molecule has 62 heavy (non-hydrogen) atoms. The number of nitrogens with zero attached hydrogens (tertiary/aromatic N) is 2. The zero-order chi connectivity index (χ0) is 41.1. The fourth-order valence-electron chi connectivity index (χ4n) is 9.95. The standard InChI is InChI=1S/C58H38N2O2/c1-35-21-27-47-45-17-9-11-19-53(45)61-57(47)55(35)59(41-13-5-3-6-14-41)43-25-23-37-31-49-51(33-39(37)29-43)50-32-38-24-26-44(30-40(38)34-52(49)50)60(42-15-7-4-8-16-42)56-36(2)22-28-48-46-18-10-12-20-54(46)62-58(48)56/h3-34H,1-2H3. The van der Waals surface area contributed by atoms with Gasteiger partial charge < -0.3 is 18.6 Å². The molecular formula is C58H38N2O2. The van der Waals surface area contributed by atoms with Gasteiger partial charge in [-0.1, -0.05) is 109 Å². The first-order chi connectivity index (χ1) is 30.6. The smallest absolute Gasteiger partial charge is 0.159 e. The summed E-state index contributed by atoms with van der Waals surface area (Å²) < 4.78 is 13.3. The Bertz CT molecular complexity index is 3520. The third kappa shape index (κ3) is 5.13. The first-order valence-electron chi connectivity index (χ1n) is 21.2. The third-order valence-electron chi connectivity index (χ3n) is 12.9. The number of rotatable bonds is 6. The van der Waals surface area contributed by atoms with Crippen LogP contribution in [0.5, 0.6) is 0 Å². The SMILES string of the molecule is Cc1ccc2c(oc3ccccc32)c1N(c1ccccc1)c1ccc2cc3c(cc2c1)-c1cc2ccc(N(c4ccccc4)c4c(C)ccc5c4oc4ccccc45)cc2cc1-3. The van der Waals surface area contributed by atoms with Crippen molar-refractivity contribution in [1.82, 2.24) is 0 Å². The van der Waals surface area contributed by atoms with Gasteiger partial charge in [-0.25, -0.2) is 0 Å². The Labute approximate surface area is 358 Å². The molecule has 0 aliphatic heterocycles. The molecule has 0 fully saturated rings. The molecule has 1 aliphatic carbocycles. The second-order valence-corrected chi connectivity index (χ2v) is 16.6. The van der Waals surface area contributed by atoms with Crippen molar-refractivity contribution in [2.75, 3.05) is 9.80 Å². The van der Waals surface area contributed by atoms with Crippen LogP contribution in [-0.2, 0) is 0 Å². The Balaban J connectivity index is 0.923. The second-order valence-electron chi connectivity index (χ2n) is 16.6. The molecule has 0 saturated carbocycles. The van der Waals surface area contributed by atoms with Crippen LogP contribution in [0, 0.1) is 13.8 Å². The van der Waals surface area contributed by atoms with E-state index in [1.807, 2.05) is 12.1 Å². The summed E-state index contributed by atoms with van der Waals surface area (Å²) in [5.41, 5.74) is 17.5. The highest BCUT2D eigenvalue weighted by atomic mass is 16.3. The topological polar surface area (TPSA) is 32.8 Å². The number of hydrogen-bond acceptors (Lipinski definition) is 4. The molecule has 0 amide bonds. The van der Waals surface area contributed by atoms with E-state index < -0.39 is 0 Å². The minimum absolute atomic E-state index is 0.893. The molecule has 4 nitrogen and oxygen atoms in total. The van der Waals surface area contributed by atoms with Crippen LogP contribution in [-0.4, -0.2) is 0 Å². The minimum atomic E-state index is 0.893. The van der Waals surface area contributed by atoms with Gasteiger partial charge >= 0.3 is 0 Å². The number of hydrogen-bond donors (Lipinski definition) is 0. The number of para-hydroxylation sites is 4. The van der Waals surface area contributed by atoms with Crippen LogP contribution in [0.1, 0.15) is 11.1 Å². The molecule has 12 aromatic rings. The zero-order valence-electron chi connectivity index (χ0n) is 34.2. The molecule has 0 bridgehead atoms. The summed E-state index contributed by atoms with van der Waals surface area (Å²) in [4.78, 5) is 4.71. The van der Waals surface area contributed by atoms with Gasteiger partial charge in [-0.05, 0) is 154 Å². The summed E-state index contributed by atoms with van der Waals surface area (Å²) >= 11 is 0. The lowest BCUT2D eigenvalue weighted by atomic mass is 9.78. The van der Waals surface area contributed by atoms with E-state index in [4.69, 9.17) is 8.83 Å². The second kappa shape index (κ2) is 13.2. The summed E-state index contributed by atoms with van der Waals surface area (Å²) in [6.45, 7) is 4.35. The lowest BCUT2D eigenvalue weighted by Crippen LogP contribution is -2.12. The van der Waals surface area contributed by atoms with E-state index in [1.165, 1.54) is 43.8 Å². The first-order valence-corrected chi connectivity index (χ1v) is 21.2. The highest BCUT2D eigenvalue weighted by molar-refractivity contribution is 6.15. The molecule has 13 rings (SSSR count). The number of anilines is 6. The van der Waals surface area contributed by atoms with E-state index in [9.17, 15) is 0 Å². The molecule has 0 spiro atoms. The minimum Gasteiger partial charge on any atom is -0.454 e. The maximum atomic E-state index is 6.64. The average Bonchev–Trinajstić information content (AvgIpc) is 3.89. The first kappa shape index (κ1) is 34.8. The Morgan fingerprint density at radius 2 is 0.694 bits per heavy atom. The van der Waals surface area contributed by atoms with Crippen LogP contribution < -0.4 is 9.80 Å². The van der Waals surface area contributed by atoms with Gasteiger partial charge in [-0.15, -0.1) is 0 Å². The maximum Gasteiger partial charge on any atom is 0.159 e. The summed E-state index contributed by atoms with van der Waals surface area (Å²) in [6.07, 6.45) is 0. The highest BCUT2D eigenvalue weighted by Gasteiger charge is 2.27. The monoisotopic (exact) mass is 794 g/mol. The van der Waals surface area contributed by atoms with Crippen LogP contribution in [0.4, 0.5) is 34.1 Å². The molecule has 2 heterocycles. The largest absolute Gasteiger partial charge is 0.454 e. The van der Waals surface area contributed by atoms with Crippen LogP contribution >= 0.6 is 0 Å². The Kier molecular flexibility index (Phi) is 7.40. The number of fused-ring (bicyclic) bond motifs is 12. The van der Waals surface area contributed by atoms with Gasteiger partial charge in [0.15, 0.2) is 11.2 Å². The van der Waals surface area contributed by atoms with E-state index >= 15 is 0 Å². The van der Waals surface area contributed by atoms with Crippen molar-refractivity contribution in [2.24, 2.45) is 0 Å². The zero-order valence-corrected chi connectivity index (χ0v) is 34.2. The van der Waals surface area contributed by atoms with Crippen molar-refractivity contribution >= 4 is 99.5 Å². The molecule has 292 valence electrons. The van der Waals surface area contributed by atoms with Gasteiger partial charge in [0.25, 0.3) is 0 Å². The highest BCUT2D eigenvalue weighted by Crippen LogP contribution is 2.52. The summed E-state index contributed by atoms with van der Waals surface area (Å²) in [7, 11) is 0. The maximum absolute atomic E-state index is 6.64. The number of benzene rings is 10. The quantitative estimate of drug-likeness (QED) is 0.168. The molecule has 1 aliphatic rings. The van der Waals surface area contributed by atoms with Gasteiger partial charge in [0.05, 0.1) is 11.4 Å². The lowest BCUT2D eigenvalue weighted by molar-refractivity contribution is 0.668. The van der Waals surface area contributed by atoms with Crippen molar-refractivity contribution < 1.29 is 8.83 Å². The fourth-order valence-corrected chi connectivity index (χ4v) is 9.95. The van der Waals surface area contributed by atoms with Crippen molar-refractivity contribution in [3.05, 3.63) is 205 Å². The van der Waals surface area contributed by atoms with E-state index in [0.29, 0.717) is 0 Å². The van der Waals surface area contributed by atoms with Gasteiger partial charge in [-0.3, -0.25) is 0 Å². The van der Waals surface area contributed by atoms with Gasteiger partial charge in [0, 0.05) is 44.3 Å². The molecule has 10 aromatic carbocycles. The van der Waals surface area contributed by atoms with Crippen molar-refractivity contribution in [1.29, 1.82) is 0 Å². The van der Waals surface area contributed by atoms with Gasteiger partial charge in [0.1, 0.15) is 11.2 Å². The van der Waals surface area contributed by atoms with Crippen molar-refractivity contribution in [3.8, 4) is 22.3 Å².